The van der Waals surface area contributed by atoms with Crippen molar-refractivity contribution in [2.45, 2.75) is 25.9 Å². The summed E-state index contributed by atoms with van der Waals surface area (Å²) in [5, 5.41) is 16.3. The topological polar surface area (TPSA) is 120 Å². The highest BCUT2D eigenvalue weighted by molar-refractivity contribution is 7.80. The molecule has 2 atom stereocenters. The fourth-order valence-electron chi connectivity index (χ4n) is 6.10. The van der Waals surface area contributed by atoms with Crippen LogP contribution in [-0.2, 0) is 19.1 Å². The second-order valence-electron chi connectivity index (χ2n) is 11.2. The van der Waals surface area contributed by atoms with Gasteiger partial charge in [0.05, 0.1) is 31.4 Å². The number of carbonyl (C=O) groups excluding carboxylic acids is 1. The van der Waals surface area contributed by atoms with Gasteiger partial charge in [-0.25, -0.2) is 14.2 Å². The number of halogens is 1. The first-order valence-electron chi connectivity index (χ1n) is 14.2. The number of aromatic nitrogens is 1. The molecular weight excluding hydrogens is 595 g/mol. The molecule has 0 spiro atoms. The Morgan fingerprint density at radius 2 is 2.12 bits per heavy atom. The molecular formula is C29H33FN6O5S2. The number of thiazole rings is 1. The van der Waals surface area contributed by atoms with Crippen LogP contribution in [0.25, 0.3) is 0 Å². The largest absolute Gasteiger partial charge is 0.481 e. The quantitative estimate of drug-likeness (QED) is 0.314. The van der Waals surface area contributed by atoms with Crippen LogP contribution in [0.2, 0.25) is 0 Å². The van der Waals surface area contributed by atoms with Crippen LogP contribution in [0.4, 0.5) is 4.39 Å². The third kappa shape index (κ3) is 5.52. The Kier molecular flexibility index (Phi) is 8.20. The van der Waals surface area contributed by atoms with Crippen LogP contribution >= 0.6 is 23.6 Å². The van der Waals surface area contributed by atoms with E-state index in [1.54, 1.807) is 32.2 Å². The van der Waals surface area contributed by atoms with E-state index in [1.807, 2.05) is 10.3 Å². The SMILES string of the molecule is CCOC(=O)C1=C(CN2CCN3C(=S)N(CC4(C(=O)O)COC4)CC3C2)NC(c2nccs2)=N[C@H]1c1cccc(F)c1C. The monoisotopic (exact) mass is 628 g/mol. The van der Waals surface area contributed by atoms with Gasteiger partial charge in [0, 0.05) is 56.5 Å². The number of amidine groups is 1. The molecule has 0 amide bonds. The average molecular weight is 629 g/mol. The Labute approximate surface area is 258 Å². The van der Waals surface area contributed by atoms with Gasteiger partial charge in [-0.2, -0.15) is 0 Å². The molecule has 14 heteroatoms. The van der Waals surface area contributed by atoms with E-state index < -0.39 is 23.4 Å². The number of aliphatic imine (C=N–C) groups is 1. The van der Waals surface area contributed by atoms with Gasteiger partial charge in [0.2, 0.25) is 0 Å². The van der Waals surface area contributed by atoms with E-state index in [9.17, 15) is 19.1 Å². The number of esters is 1. The van der Waals surface area contributed by atoms with Gasteiger partial charge in [0.1, 0.15) is 17.3 Å². The molecule has 2 aromatic rings. The van der Waals surface area contributed by atoms with Gasteiger partial charge < -0.3 is 29.7 Å². The van der Waals surface area contributed by atoms with Gasteiger partial charge in [-0.1, -0.05) is 12.1 Å². The molecule has 1 aromatic heterocycles. The molecule has 3 fully saturated rings. The number of benzene rings is 1. The summed E-state index contributed by atoms with van der Waals surface area (Å²) < 4.78 is 25.5. The van der Waals surface area contributed by atoms with E-state index in [0.29, 0.717) is 77.6 Å². The molecule has 0 saturated carbocycles. The third-order valence-electron chi connectivity index (χ3n) is 8.46. The highest BCUT2D eigenvalue weighted by Gasteiger charge is 2.50. The Morgan fingerprint density at radius 3 is 2.79 bits per heavy atom. The standard InChI is InChI=1S/C29H33FN6O5S2/c1-3-41-26(37)22-21(32-24(25-31-7-10-43-25)33-23(22)19-5-4-6-20(30)17(19)2)13-34-8-9-36-18(11-34)12-35(28(36)42)14-29(27(38)39)15-40-16-29/h4-7,10,18,23H,3,8-9,11-16H2,1-2H3,(H,32,33)(H,38,39)/t18?,23-/m0/s1. The highest BCUT2D eigenvalue weighted by atomic mass is 32.1. The molecule has 5 heterocycles. The highest BCUT2D eigenvalue weighted by Crippen LogP contribution is 2.36. The zero-order valence-corrected chi connectivity index (χ0v) is 25.5. The molecule has 0 bridgehead atoms. The number of carbonyl (C=O) groups is 2. The smallest absolute Gasteiger partial charge is 0.338 e. The van der Waals surface area contributed by atoms with E-state index in [0.717, 1.165) is 0 Å². The van der Waals surface area contributed by atoms with Gasteiger partial charge in [0.25, 0.3) is 0 Å². The normalized spacial score (nSPS) is 23.4. The van der Waals surface area contributed by atoms with Crippen LogP contribution in [0, 0.1) is 18.2 Å². The van der Waals surface area contributed by atoms with Crippen molar-refractivity contribution in [3.63, 3.8) is 0 Å². The van der Waals surface area contributed by atoms with Gasteiger partial charge in [-0.15, -0.1) is 11.3 Å². The minimum Gasteiger partial charge on any atom is -0.481 e. The predicted octanol–water partition coefficient (Wildman–Crippen LogP) is 2.19. The number of rotatable bonds is 9. The first-order chi connectivity index (χ1) is 20.7. The van der Waals surface area contributed by atoms with E-state index in [1.165, 1.54) is 17.4 Å². The molecule has 4 aliphatic rings. The summed E-state index contributed by atoms with van der Waals surface area (Å²) in [7, 11) is 0. The number of fused-ring (bicyclic) bond motifs is 1. The fourth-order valence-corrected chi connectivity index (χ4v) is 7.07. The van der Waals surface area contributed by atoms with Crippen LogP contribution in [0.5, 0.6) is 0 Å². The van der Waals surface area contributed by atoms with Crippen LogP contribution in [0.3, 0.4) is 0 Å². The number of nitrogens with one attached hydrogen (secondary N) is 1. The molecule has 0 radical (unpaired) electrons. The maximum absolute atomic E-state index is 14.7. The number of aliphatic carboxylic acids is 1. The van der Waals surface area contributed by atoms with Crippen LogP contribution in [0.1, 0.15) is 29.1 Å². The lowest BCUT2D eigenvalue weighted by Crippen LogP contribution is -2.56. The fraction of sp³-hybridized carbons (Fsp3) is 0.483. The zero-order chi connectivity index (χ0) is 30.3. The van der Waals surface area contributed by atoms with Gasteiger partial charge >= 0.3 is 11.9 Å². The number of piperazine rings is 1. The number of nitrogens with zero attached hydrogens (tertiary/aromatic N) is 5. The van der Waals surface area contributed by atoms with Crippen molar-refractivity contribution in [3.05, 3.63) is 63.0 Å². The second-order valence-corrected chi connectivity index (χ2v) is 12.5. The van der Waals surface area contributed by atoms with E-state index >= 15 is 0 Å². The Hall–Kier alpha value is -3.46. The summed E-state index contributed by atoms with van der Waals surface area (Å²) in [5.41, 5.74) is 1.05. The van der Waals surface area contributed by atoms with Crippen molar-refractivity contribution in [3.8, 4) is 0 Å². The van der Waals surface area contributed by atoms with Crippen molar-refractivity contribution in [1.82, 2.24) is 25.0 Å². The lowest BCUT2D eigenvalue weighted by molar-refractivity contribution is -0.181. The molecule has 11 nitrogen and oxygen atoms in total. The summed E-state index contributed by atoms with van der Waals surface area (Å²) >= 11 is 7.18. The van der Waals surface area contributed by atoms with Crippen molar-refractivity contribution < 1.29 is 28.6 Å². The van der Waals surface area contributed by atoms with E-state index in [2.05, 4.69) is 20.1 Å². The Balaban J connectivity index is 1.28. The molecule has 2 N–H and O–H groups in total. The van der Waals surface area contributed by atoms with Crippen LogP contribution in [-0.4, -0.2) is 113 Å². The van der Waals surface area contributed by atoms with Gasteiger partial charge in [0.15, 0.2) is 16.0 Å². The summed E-state index contributed by atoms with van der Waals surface area (Å²) in [6.07, 6.45) is 1.69. The molecule has 4 aliphatic heterocycles. The van der Waals surface area contributed by atoms with Crippen LogP contribution < -0.4 is 5.32 Å². The van der Waals surface area contributed by atoms with Crippen LogP contribution in [0.15, 0.2) is 46.0 Å². The maximum atomic E-state index is 14.7. The van der Waals surface area contributed by atoms with E-state index in [4.69, 9.17) is 26.7 Å². The molecule has 6 rings (SSSR count). The third-order valence-corrected chi connectivity index (χ3v) is 9.73. The Bertz CT molecular complexity index is 1490. The second kappa shape index (κ2) is 11.9. The molecule has 43 heavy (non-hydrogen) atoms. The van der Waals surface area contributed by atoms with Crippen molar-refractivity contribution >= 4 is 46.4 Å². The van der Waals surface area contributed by atoms with Crippen molar-refractivity contribution in [2.75, 3.05) is 59.1 Å². The minimum absolute atomic E-state index is 0.0664. The summed E-state index contributed by atoms with van der Waals surface area (Å²) in [6, 6.07) is 4.09. The predicted molar refractivity (Wildman–Crippen MR) is 161 cm³/mol. The Morgan fingerprint density at radius 1 is 1.30 bits per heavy atom. The molecule has 228 valence electrons. The molecule has 0 aliphatic carbocycles. The number of hydrogen-bond acceptors (Lipinski definition) is 10. The average Bonchev–Trinajstić information content (AvgIpc) is 3.60. The number of carboxylic acids is 1. The first kappa shape index (κ1) is 29.6. The minimum atomic E-state index is -0.931. The summed E-state index contributed by atoms with van der Waals surface area (Å²) in [6.45, 7) is 7.30. The zero-order valence-electron chi connectivity index (χ0n) is 23.9. The first-order valence-corrected chi connectivity index (χ1v) is 15.5. The number of hydrogen-bond donors (Lipinski definition) is 2. The molecule has 1 unspecified atom stereocenters. The van der Waals surface area contributed by atoms with Gasteiger partial charge in [-0.05, 0) is 43.3 Å². The van der Waals surface area contributed by atoms with E-state index in [-0.39, 0.29) is 31.7 Å². The van der Waals surface area contributed by atoms with Gasteiger partial charge in [-0.3, -0.25) is 14.7 Å². The lowest BCUT2D eigenvalue weighted by Gasteiger charge is -2.40. The number of carboxylic acid groups (broad SMARTS) is 1. The number of ether oxygens (including phenoxy) is 2. The van der Waals surface area contributed by atoms with Crippen molar-refractivity contribution in [2.24, 2.45) is 10.4 Å². The summed E-state index contributed by atoms with van der Waals surface area (Å²) in [5.74, 6) is -1.23. The molecule has 1 aromatic carbocycles. The maximum Gasteiger partial charge on any atom is 0.338 e. The summed E-state index contributed by atoms with van der Waals surface area (Å²) in [4.78, 5) is 41.2. The van der Waals surface area contributed by atoms with Crippen molar-refractivity contribution in [1.29, 1.82) is 0 Å². The lowest BCUT2D eigenvalue weighted by atomic mass is 9.85. The molecule has 3 saturated heterocycles. The number of thiocarbonyl (C=S) groups is 1.